The molecule has 0 aliphatic rings. The molecule has 1 heterocycles. The molecule has 0 aliphatic heterocycles. The molecule has 1 aromatic carbocycles. The Morgan fingerprint density at radius 1 is 1.05 bits per heavy atom. The maximum absolute atomic E-state index is 13.5. The van der Waals surface area contributed by atoms with Crippen molar-refractivity contribution in [2.24, 2.45) is 0 Å². The Kier molecular flexibility index (Phi) is 3.94. The third-order valence-corrected chi connectivity index (χ3v) is 2.75. The van der Waals surface area contributed by atoms with Gasteiger partial charge >= 0.3 is 0 Å². The predicted octanol–water partition coefficient (Wildman–Crippen LogP) is 3.32. The number of anilines is 2. The van der Waals surface area contributed by atoms with E-state index in [0.29, 0.717) is 6.54 Å². The van der Waals surface area contributed by atoms with E-state index in [-0.39, 0.29) is 11.6 Å². The Morgan fingerprint density at radius 3 is 2.32 bits per heavy atom. The summed E-state index contributed by atoms with van der Waals surface area (Å²) in [5, 5.41) is 5.43. The van der Waals surface area contributed by atoms with Gasteiger partial charge < -0.3 is 10.6 Å². The molecule has 0 bridgehead atoms. The molecule has 0 amide bonds. The van der Waals surface area contributed by atoms with Crippen molar-refractivity contribution in [1.29, 1.82) is 0 Å². The van der Waals surface area contributed by atoms with E-state index in [1.165, 1.54) is 7.05 Å². The van der Waals surface area contributed by atoms with Gasteiger partial charge in [0, 0.05) is 19.7 Å². The maximum atomic E-state index is 13.5. The summed E-state index contributed by atoms with van der Waals surface area (Å²) in [5.41, 5.74) is 2.16. The lowest BCUT2D eigenvalue weighted by molar-refractivity contribution is 0.578. The molecule has 0 atom stereocenters. The molecule has 100 valence electrons. The molecule has 0 aliphatic carbocycles. The zero-order valence-corrected chi connectivity index (χ0v) is 10.8. The molecular formula is C14H15F2N3. The highest BCUT2D eigenvalue weighted by Crippen LogP contribution is 2.19. The molecule has 0 saturated heterocycles. The molecule has 0 fully saturated rings. The van der Waals surface area contributed by atoms with Crippen LogP contribution in [0.25, 0.3) is 0 Å². The van der Waals surface area contributed by atoms with Crippen molar-refractivity contribution in [2.45, 2.75) is 13.5 Å². The summed E-state index contributed by atoms with van der Waals surface area (Å²) in [6.07, 6.45) is 0. The van der Waals surface area contributed by atoms with Crippen LogP contribution < -0.4 is 10.6 Å². The Balaban J connectivity index is 2.13. The van der Waals surface area contributed by atoms with Crippen molar-refractivity contribution < 1.29 is 8.78 Å². The number of hydrogen-bond donors (Lipinski definition) is 2. The van der Waals surface area contributed by atoms with E-state index in [1.807, 2.05) is 31.2 Å². The van der Waals surface area contributed by atoms with Gasteiger partial charge in [-0.25, -0.2) is 13.8 Å². The van der Waals surface area contributed by atoms with Crippen LogP contribution in [0.4, 0.5) is 20.4 Å². The third-order valence-electron chi connectivity index (χ3n) is 2.75. The minimum Gasteiger partial charge on any atom is -0.371 e. The lowest BCUT2D eigenvalue weighted by atomic mass is 10.1. The van der Waals surface area contributed by atoms with E-state index in [2.05, 4.69) is 15.6 Å². The van der Waals surface area contributed by atoms with Gasteiger partial charge in [-0.2, -0.15) is 0 Å². The summed E-state index contributed by atoms with van der Waals surface area (Å²) in [6, 6.07) is 8.66. The number of hydrogen-bond acceptors (Lipinski definition) is 3. The average molecular weight is 263 g/mol. The molecule has 1 aromatic heterocycles. The zero-order chi connectivity index (χ0) is 13.8. The summed E-state index contributed by atoms with van der Waals surface area (Å²) < 4.78 is 26.8. The molecule has 0 spiro atoms. The van der Waals surface area contributed by atoms with Gasteiger partial charge in [-0.3, -0.25) is 0 Å². The van der Waals surface area contributed by atoms with Crippen LogP contribution >= 0.6 is 0 Å². The Labute approximate surface area is 110 Å². The van der Waals surface area contributed by atoms with Gasteiger partial charge in [0.05, 0.1) is 0 Å². The number of nitrogens with zero attached hydrogens (tertiary/aromatic N) is 1. The normalized spacial score (nSPS) is 10.3. The van der Waals surface area contributed by atoms with Crippen molar-refractivity contribution >= 4 is 11.6 Å². The summed E-state index contributed by atoms with van der Waals surface area (Å²) in [7, 11) is 1.53. The molecular weight excluding hydrogens is 248 g/mol. The number of halogens is 2. The molecule has 5 heteroatoms. The van der Waals surface area contributed by atoms with Crippen LogP contribution in [0, 0.1) is 18.6 Å². The van der Waals surface area contributed by atoms with E-state index < -0.39 is 11.6 Å². The molecule has 0 radical (unpaired) electrons. The number of benzene rings is 1. The fourth-order valence-electron chi connectivity index (χ4n) is 1.66. The number of nitrogens with one attached hydrogen (secondary N) is 2. The van der Waals surface area contributed by atoms with Crippen LogP contribution in [0.15, 0.2) is 30.3 Å². The number of rotatable bonds is 4. The van der Waals surface area contributed by atoms with Crippen LogP contribution in [-0.2, 0) is 6.54 Å². The van der Waals surface area contributed by atoms with Gasteiger partial charge in [0.25, 0.3) is 0 Å². The van der Waals surface area contributed by atoms with Crippen LogP contribution in [0.2, 0.25) is 0 Å². The second-order valence-electron chi connectivity index (χ2n) is 4.24. The van der Waals surface area contributed by atoms with Gasteiger partial charge in [-0.15, -0.1) is 0 Å². The van der Waals surface area contributed by atoms with E-state index in [4.69, 9.17) is 0 Å². The standard InChI is InChI=1S/C14H15F2N3/c1-9-3-5-10(6-4-9)8-18-14-12(16)7-11(15)13(17-2)19-14/h3-7H,8H2,1-2H3,(H2,17,18,19). The Hall–Kier alpha value is -2.17. The molecule has 2 N–H and O–H groups in total. The molecule has 2 aromatic rings. The van der Waals surface area contributed by atoms with Gasteiger partial charge in [-0.1, -0.05) is 29.8 Å². The number of pyridine rings is 1. The first-order valence-electron chi connectivity index (χ1n) is 5.93. The van der Waals surface area contributed by atoms with E-state index in [1.54, 1.807) is 0 Å². The monoisotopic (exact) mass is 263 g/mol. The SMILES string of the molecule is CNc1nc(NCc2ccc(C)cc2)c(F)cc1F. The molecule has 3 nitrogen and oxygen atoms in total. The fraction of sp³-hybridized carbons (Fsp3) is 0.214. The van der Waals surface area contributed by atoms with Crippen LogP contribution in [0.3, 0.4) is 0 Å². The first-order chi connectivity index (χ1) is 9.10. The summed E-state index contributed by atoms with van der Waals surface area (Å²) >= 11 is 0. The minimum atomic E-state index is -0.708. The van der Waals surface area contributed by atoms with Crippen molar-refractivity contribution in [3.8, 4) is 0 Å². The summed E-state index contributed by atoms with van der Waals surface area (Å²) in [5.74, 6) is -1.36. The highest BCUT2D eigenvalue weighted by molar-refractivity contribution is 5.47. The third kappa shape index (κ3) is 3.19. The lowest BCUT2D eigenvalue weighted by Gasteiger charge is -2.09. The highest BCUT2D eigenvalue weighted by atomic mass is 19.1. The molecule has 2 rings (SSSR count). The van der Waals surface area contributed by atoms with Crippen LogP contribution in [-0.4, -0.2) is 12.0 Å². The van der Waals surface area contributed by atoms with Crippen molar-refractivity contribution in [3.63, 3.8) is 0 Å². The predicted molar refractivity (Wildman–Crippen MR) is 72.2 cm³/mol. The zero-order valence-electron chi connectivity index (χ0n) is 10.8. The van der Waals surface area contributed by atoms with Gasteiger partial charge in [0.2, 0.25) is 0 Å². The molecule has 0 unspecified atom stereocenters. The van der Waals surface area contributed by atoms with E-state index >= 15 is 0 Å². The molecule has 0 saturated carbocycles. The Bertz CT molecular complexity index is 568. The smallest absolute Gasteiger partial charge is 0.168 e. The topological polar surface area (TPSA) is 37.0 Å². The Morgan fingerprint density at radius 2 is 1.68 bits per heavy atom. The maximum Gasteiger partial charge on any atom is 0.168 e. The number of aryl methyl sites for hydroxylation is 1. The fourth-order valence-corrected chi connectivity index (χ4v) is 1.66. The number of aromatic nitrogens is 1. The minimum absolute atomic E-state index is 0.0211. The first kappa shape index (κ1) is 13.3. The van der Waals surface area contributed by atoms with Crippen molar-refractivity contribution in [1.82, 2.24) is 4.98 Å². The van der Waals surface area contributed by atoms with Crippen LogP contribution in [0.5, 0.6) is 0 Å². The van der Waals surface area contributed by atoms with Crippen molar-refractivity contribution in [3.05, 3.63) is 53.1 Å². The second-order valence-corrected chi connectivity index (χ2v) is 4.24. The highest BCUT2D eigenvalue weighted by Gasteiger charge is 2.10. The molecule has 19 heavy (non-hydrogen) atoms. The largest absolute Gasteiger partial charge is 0.371 e. The van der Waals surface area contributed by atoms with Gasteiger partial charge in [-0.05, 0) is 12.5 Å². The first-order valence-corrected chi connectivity index (χ1v) is 5.93. The lowest BCUT2D eigenvalue weighted by Crippen LogP contribution is -2.07. The van der Waals surface area contributed by atoms with E-state index in [0.717, 1.165) is 17.2 Å². The van der Waals surface area contributed by atoms with E-state index in [9.17, 15) is 8.78 Å². The quantitative estimate of drug-likeness (QED) is 0.888. The van der Waals surface area contributed by atoms with Gasteiger partial charge in [0.15, 0.2) is 23.3 Å². The average Bonchev–Trinajstić information content (AvgIpc) is 2.40. The summed E-state index contributed by atoms with van der Waals surface area (Å²) in [6.45, 7) is 2.43. The van der Waals surface area contributed by atoms with Crippen LogP contribution in [0.1, 0.15) is 11.1 Å². The second kappa shape index (κ2) is 5.65. The van der Waals surface area contributed by atoms with Crippen molar-refractivity contribution in [2.75, 3.05) is 17.7 Å². The summed E-state index contributed by atoms with van der Waals surface area (Å²) in [4.78, 5) is 3.85. The van der Waals surface area contributed by atoms with Gasteiger partial charge in [0.1, 0.15) is 0 Å².